The highest BCUT2D eigenvalue weighted by molar-refractivity contribution is 6.02. The van der Waals surface area contributed by atoms with Gasteiger partial charge in [0.2, 0.25) is 0 Å². The number of carbonyl (C=O) groups excluding carboxylic acids is 1. The number of hydrogen-bond acceptors (Lipinski definition) is 5. The van der Waals surface area contributed by atoms with E-state index in [0.717, 1.165) is 43.3 Å². The summed E-state index contributed by atoms with van der Waals surface area (Å²) in [6.07, 6.45) is 1.78. The van der Waals surface area contributed by atoms with Crippen molar-refractivity contribution in [2.24, 2.45) is 0 Å². The number of benzene rings is 1. The van der Waals surface area contributed by atoms with Crippen LogP contribution in [0.4, 0.5) is 11.4 Å². The molecule has 1 N–H and O–H groups in total. The van der Waals surface area contributed by atoms with Gasteiger partial charge in [-0.3, -0.25) is 4.79 Å². The van der Waals surface area contributed by atoms with Gasteiger partial charge in [-0.25, -0.2) is 4.98 Å². The summed E-state index contributed by atoms with van der Waals surface area (Å²) in [4.78, 5) is 21.3. The normalized spacial score (nSPS) is 15.0. The predicted molar refractivity (Wildman–Crippen MR) is 99.5 cm³/mol. The highest BCUT2D eigenvalue weighted by atomic mass is 16.5. The van der Waals surface area contributed by atoms with Crippen LogP contribution in [-0.4, -0.2) is 55.6 Å². The lowest BCUT2D eigenvalue weighted by atomic mass is 10.2. The first-order valence-corrected chi connectivity index (χ1v) is 8.59. The molecule has 1 saturated heterocycles. The number of anilines is 2. The molecule has 0 unspecified atom stereocenters. The molecule has 3 rings (SSSR count). The third-order valence-corrected chi connectivity index (χ3v) is 4.27. The van der Waals surface area contributed by atoms with Gasteiger partial charge in [0.25, 0.3) is 5.91 Å². The van der Waals surface area contributed by atoms with Crippen LogP contribution in [0.1, 0.15) is 17.4 Å². The number of hydrogen-bond donors (Lipinski definition) is 1. The number of rotatable bonds is 5. The number of carbonyl (C=O) groups is 1. The Morgan fingerprint density at radius 2 is 1.84 bits per heavy atom. The summed E-state index contributed by atoms with van der Waals surface area (Å²) in [5.74, 6) is 0.573. The Morgan fingerprint density at radius 1 is 1.12 bits per heavy atom. The number of pyridine rings is 1. The molecule has 1 aromatic heterocycles. The van der Waals surface area contributed by atoms with Crippen LogP contribution in [0.3, 0.4) is 0 Å². The Kier molecular flexibility index (Phi) is 5.50. The van der Waals surface area contributed by atoms with Crippen LogP contribution in [0.5, 0.6) is 5.75 Å². The van der Waals surface area contributed by atoms with Gasteiger partial charge >= 0.3 is 0 Å². The van der Waals surface area contributed by atoms with Gasteiger partial charge in [0.15, 0.2) is 0 Å². The molecular weight excluding hydrogens is 316 g/mol. The average molecular weight is 340 g/mol. The number of aromatic nitrogens is 1. The van der Waals surface area contributed by atoms with Crippen molar-refractivity contribution in [2.45, 2.75) is 6.92 Å². The number of nitrogens with one attached hydrogen (secondary N) is 1. The smallest absolute Gasteiger partial charge is 0.274 e. The Labute approximate surface area is 148 Å². The molecule has 0 spiro atoms. The van der Waals surface area contributed by atoms with Crippen molar-refractivity contribution in [3.05, 3.63) is 48.3 Å². The number of ether oxygens (including phenoxy) is 1. The number of likely N-dealkylation sites (N-methyl/N-ethyl adjacent to an activating group) is 1. The van der Waals surface area contributed by atoms with Crippen molar-refractivity contribution < 1.29 is 9.53 Å². The quantitative estimate of drug-likeness (QED) is 0.906. The minimum atomic E-state index is -0.214. The summed E-state index contributed by atoms with van der Waals surface area (Å²) in [6.45, 7) is 6.61. The molecule has 0 atom stereocenters. The first-order valence-electron chi connectivity index (χ1n) is 8.59. The summed E-state index contributed by atoms with van der Waals surface area (Å²) in [7, 11) is 2.13. The second kappa shape index (κ2) is 7.98. The molecular formula is C19H24N4O2. The largest absolute Gasteiger partial charge is 0.494 e. The van der Waals surface area contributed by atoms with Crippen LogP contribution >= 0.6 is 0 Å². The zero-order chi connectivity index (χ0) is 17.6. The molecule has 1 aliphatic heterocycles. The van der Waals surface area contributed by atoms with E-state index in [2.05, 4.69) is 27.1 Å². The monoisotopic (exact) mass is 340 g/mol. The third kappa shape index (κ3) is 4.48. The fraction of sp³-hybridized carbons (Fsp3) is 0.368. The van der Waals surface area contributed by atoms with Crippen molar-refractivity contribution in [3.8, 4) is 5.75 Å². The topological polar surface area (TPSA) is 57.7 Å². The first-order chi connectivity index (χ1) is 12.2. The fourth-order valence-corrected chi connectivity index (χ4v) is 2.77. The van der Waals surface area contributed by atoms with E-state index in [0.29, 0.717) is 12.3 Å². The van der Waals surface area contributed by atoms with Crippen molar-refractivity contribution in [1.29, 1.82) is 0 Å². The molecule has 1 fully saturated rings. The highest BCUT2D eigenvalue weighted by Gasteiger charge is 2.15. The molecule has 6 nitrogen and oxygen atoms in total. The van der Waals surface area contributed by atoms with Crippen LogP contribution in [-0.2, 0) is 0 Å². The Bertz CT molecular complexity index is 692. The first kappa shape index (κ1) is 17.2. The van der Waals surface area contributed by atoms with Gasteiger partial charge in [0.05, 0.1) is 18.5 Å². The summed E-state index contributed by atoms with van der Waals surface area (Å²) in [5.41, 5.74) is 2.19. The lowest BCUT2D eigenvalue weighted by Crippen LogP contribution is -2.44. The van der Waals surface area contributed by atoms with Gasteiger partial charge in [-0.05, 0) is 50.4 Å². The van der Waals surface area contributed by atoms with Crippen LogP contribution in [0.25, 0.3) is 0 Å². The zero-order valence-electron chi connectivity index (χ0n) is 14.7. The van der Waals surface area contributed by atoms with E-state index in [1.165, 1.54) is 0 Å². The molecule has 2 heterocycles. The average Bonchev–Trinajstić information content (AvgIpc) is 2.64. The van der Waals surface area contributed by atoms with Crippen molar-refractivity contribution in [2.75, 3.05) is 50.1 Å². The number of amides is 1. The van der Waals surface area contributed by atoms with E-state index in [4.69, 9.17) is 4.74 Å². The van der Waals surface area contributed by atoms with Gasteiger partial charge in [0, 0.05) is 31.9 Å². The lowest BCUT2D eigenvalue weighted by Gasteiger charge is -2.33. The van der Waals surface area contributed by atoms with Crippen molar-refractivity contribution in [1.82, 2.24) is 9.88 Å². The molecule has 1 aromatic carbocycles. The fourth-order valence-electron chi connectivity index (χ4n) is 2.77. The second-order valence-electron chi connectivity index (χ2n) is 6.10. The van der Waals surface area contributed by atoms with E-state index >= 15 is 0 Å². The van der Waals surface area contributed by atoms with Crippen molar-refractivity contribution in [3.63, 3.8) is 0 Å². The maximum Gasteiger partial charge on any atom is 0.274 e. The minimum Gasteiger partial charge on any atom is -0.494 e. The van der Waals surface area contributed by atoms with Crippen LogP contribution in [0, 0.1) is 0 Å². The van der Waals surface area contributed by atoms with E-state index in [1.807, 2.05) is 37.3 Å². The SMILES string of the molecule is CCOc1ccc(NC(=O)c2ccc(N3CCN(C)CC3)cn2)cc1. The Morgan fingerprint density at radius 3 is 2.44 bits per heavy atom. The standard InChI is InChI=1S/C19H24N4O2/c1-3-25-17-7-4-15(5-8-17)21-19(24)18-9-6-16(14-20-18)23-12-10-22(2)11-13-23/h4-9,14H,3,10-13H2,1-2H3,(H,21,24). The minimum absolute atomic E-state index is 0.214. The molecule has 6 heteroatoms. The van der Waals surface area contributed by atoms with Gasteiger partial charge in [0.1, 0.15) is 11.4 Å². The summed E-state index contributed by atoms with van der Waals surface area (Å²) < 4.78 is 5.40. The zero-order valence-corrected chi connectivity index (χ0v) is 14.7. The molecule has 132 valence electrons. The highest BCUT2D eigenvalue weighted by Crippen LogP contribution is 2.18. The van der Waals surface area contributed by atoms with Gasteiger partial charge < -0.3 is 19.9 Å². The molecule has 0 aliphatic carbocycles. The predicted octanol–water partition coefficient (Wildman–Crippen LogP) is 2.48. The van der Waals surface area contributed by atoms with E-state index in [1.54, 1.807) is 12.3 Å². The van der Waals surface area contributed by atoms with Crippen LogP contribution < -0.4 is 15.0 Å². The van der Waals surface area contributed by atoms with E-state index in [9.17, 15) is 4.79 Å². The maximum atomic E-state index is 12.3. The molecule has 2 aromatic rings. The number of nitrogens with zero attached hydrogens (tertiary/aromatic N) is 3. The lowest BCUT2D eigenvalue weighted by molar-refractivity contribution is 0.102. The maximum absolute atomic E-state index is 12.3. The second-order valence-corrected chi connectivity index (χ2v) is 6.10. The van der Waals surface area contributed by atoms with Crippen LogP contribution in [0.15, 0.2) is 42.6 Å². The molecule has 0 bridgehead atoms. The van der Waals surface area contributed by atoms with Crippen LogP contribution in [0.2, 0.25) is 0 Å². The van der Waals surface area contributed by atoms with Gasteiger partial charge in [-0.2, -0.15) is 0 Å². The molecule has 25 heavy (non-hydrogen) atoms. The van der Waals surface area contributed by atoms with Gasteiger partial charge in [-0.1, -0.05) is 0 Å². The van der Waals surface area contributed by atoms with Crippen molar-refractivity contribution >= 4 is 17.3 Å². The molecule has 1 amide bonds. The summed E-state index contributed by atoms with van der Waals surface area (Å²) in [6, 6.07) is 11.1. The Balaban J connectivity index is 1.60. The number of piperazine rings is 1. The molecule has 0 radical (unpaired) electrons. The summed E-state index contributed by atoms with van der Waals surface area (Å²) in [5, 5.41) is 2.86. The van der Waals surface area contributed by atoms with E-state index in [-0.39, 0.29) is 5.91 Å². The summed E-state index contributed by atoms with van der Waals surface area (Å²) >= 11 is 0. The van der Waals surface area contributed by atoms with Gasteiger partial charge in [-0.15, -0.1) is 0 Å². The molecule has 1 aliphatic rings. The third-order valence-electron chi connectivity index (χ3n) is 4.27. The van der Waals surface area contributed by atoms with E-state index < -0.39 is 0 Å². The Hall–Kier alpha value is -2.60. The molecule has 0 saturated carbocycles.